The molecule has 244 valence electrons. The molecular formula is C33H26F9NO3. The minimum atomic E-state index is -6.07. The number of halogens is 9. The largest absolute Gasteiger partial charge is 0.499 e. The molecule has 0 aromatic heterocycles. The van der Waals surface area contributed by atoms with Crippen LogP contribution in [0.3, 0.4) is 0 Å². The number of carbonyl (C=O) groups is 1. The SMILES string of the molecule is CC(C)Oc1cc([C@](Cc2ccccc2)(NC(=O)c2cccc(C(F)(F)F)c2)c2cccc(OC(F)(F)C(F)(F)F)c2)ccc1F. The molecule has 0 aliphatic heterocycles. The molecule has 13 heteroatoms. The molecule has 1 N–H and O–H groups in total. The summed E-state index contributed by atoms with van der Waals surface area (Å²) in [6, 6.07) is 19.2. The highest BCUT2D eigenvalue weighted by Crippen LogP contribution is 2.41. The Hall–Kier alpha value is -4.68. The van der Waals surface area contributed by atoms with Crippen molar-refractivity contribution in [3.8, 4) is 11.5 Å². The van der Waals surface area contributed by atoms with E-state index in [1.54, 1.807) is 44.2 Å². The number of amides is 1. The number of alkyl halides is 8. The molecule has 0 unspecified atom stereocenters. The first-order chi connectivity index (χ1) is 21.4. The lowest BCUT2D eigenvalue weighted by atomic mass is 9.77. The van der Waals surface area contributed by atoms with Crippen LogP contribution in [0.25, 0.3) is 0 Å². The molecule has 0 saturated heterocycles. The second kappa shape index (κ2) is 13.0. The standard InChI is InChI=1S/C33H26F9NO3/c1-20(2)45-28-18-24(14-15-27(28)34)30(19-21-8-4-3-5-9-21,43-29(44)22-10-6-12-25(16-22)31(35,36)37)23-11-7-13-26(17-23)46-33(41,42)32(38,39)40/h3-18,20H,19H2,1-2H3,(H,43,44)/t30-/m1/s1. The van der Waals surface area contributed by atoms with Crippen molar-refractivity contribution in [3.05, 3.63) is 131 Å². The van der Waals surface area contributed by atoms with Gasteiger partial charge in [0.1, 0.15) is 5.75 Å². The summed E-state index contributed by atoms with van der Waals surface area (Å²) >= 11 is 0. The Balaban J connectivity index is 1.98. The number of carbonyl (C=O) groups excluding carboxylic acids is 1. The Morgan fingerprint density at radius 1 is 0.739 bits per heavy atom. The number of hydrogen-bond acceptors (Lipinski definition) is 3. The van der Waals surface area contributed by atoms with Gasteiger partial charge in [-0.1, -0.05) is 54.6 Å². The zero-order valence-corrected chi connectivity index (χ0v) is 24.1. The maximum absolute atomic E-state index is 14.9. The highest BCUT2D eigenvalue weighted by molar-refractivity contribution is 5.95. The third kappa shape index (κ3) is 7.75. The number of ether oxygens (including phenoxy) is 2. The van der Waals surface area contributed by atoms with Crippen LogP contribution in [0.15, 0.2) is 97.1 Å². The minimum Gasteiger partial charge on any atom is -0.488 e. The summed E-state index contributed by atoms with van der Waals surface area (Å²) in [5.74, 6) is -3.09. The molecule has 1 amide bonds. The molecule has 4 aromatic carbocycles. The van der Waals surface area contributed by atoms with Crippen LogP contribution >= 0.6 is 0 Å². The van der Waals surface area contributed by atoms with E-state index in [0.29, 0.717) is 11.6 Å². The topological polar surface area (TPSA) is 47.6 Å². The van der Waals surface area contributed by atoms with Crippen LogP contribution in [-0.2, 0) is 18.1 Å². The van der Waals surface area contributed by atoms with Crippen LogP contribution in [0.4, 0.5) is 39.5 Å². The van der Waals surface area contributed by atoms with E-state index in [1.165, 1.54) is 18.2 Å². The Labute approximate surface area is 257 Å². The van der Waals surface area contributed by atoms with Crippen molar-refractivity contribution >= 4 is 5.91 Å². The summed E-state index contributed by atoms with van der Waals surface area (Å²) in [5, 5.41) is 2.68. The Bertz CT molecular complexity index is 1670. The molecule has 0 fully saturated rings. The van der Waals surface area contributed by atoms with Gasteiger partial charge in [0.2, 0.25) is 0 Å². The van der Waals surface area contributed by atoms with E-state index >= 15 is 0 Å². The van der Waals surface area contributed by atoms with E-state index in [4.69, 9.17) is 4.74 Å². The Morgan fingerprint density at radius 3 is 2.00 bits per heavy atom. The van der Waals surface area contributed by atoms with Crippen LogP contribution in [-0.4, -0.2) is 24.3 Å². The van der Waals surface area contributed by atoms with Crippen molar-refractivity contribution in [1.82, 2.24) is 5.32 Å². The predicted octanol–water partition coefficient (Wildman–Crippen LogP) is 9.08. The monoisotopic (exact) mass is 655 g/mol. The number of hydrogen-bond donors (Lipinski definition) is 1. The summed E-state index contributed by atoms with van der Waals surface area (Å²) in [5.41, 5.74) is -3.06. The molecular weight excluding hydrogens is 629 g/mol. The summed E-state index contributed by atoms with van der Waals surface area (Å²) in [6.07, 6.45) is -17.2. The lowest BCUT2D eigenvalue weighted by Crippen LogP contribution is -2.49. The van der Waals surface area contributed by atoms with Crippen molar-refractivity contribution in [1.29, 1.82) is 0 Å². The minimum absolute atomic E-state index is 0.0634. The molecule has 1 atom stereocenters. The van der Waals surface area contributed by atoms with Crippen molar-refractivity contribution in [3.63, 3.8) is 0 Å². The van der Waals surface area contributed by atoms with Crippen molar-refractivity contribution in [2.75, 3.05) is 0 Å². The first kappa shape index (κ1) is 34.2. The van der Waals surface area contributed by atoms with Crippen molar-refractivity contribution in [2.24, 2.45) is 0 Å². The molecule has 0 bridgehead atoms. The van der Waals surface area contributed by atoms with Crippen LogP contribution in [0.5, 0.6) is 11.5 Å². The highest BCUT2D eigenvalue weighted by atomic mass is 19.4. The molecule has 4 aromatic rings. The first-order valence-corrected chi connectivity index (χ1v) is 13.7. The Morgan fingerprint density at radius 2 is 1.37 bits per heavy atom. The van der Waals surface area contributed by atoms with Gasteiger partial charge in [0.25, 0.3) is 5.91 Å². The number of benzene rings is 4. The van der Waals surface area contributed by atoms with E-state index in [0.717, 1.165) is 42.5 Å². The summed E-state index contributed by atoms with van der Waals surface area (Å²) in [6.45, 7) is 3.22. The van der Waals surface area contributed by atoms with Gasteiger partial charge in [-0.25, -0.2) is 4.39 Å². The molecule has 0 heterocycles. The molecule has 0 aliphatic carbocycles. The van der Waals surface area contributed by atoms with Crippen LogP contribution in [0, 0.1) is 5.82 Å². The molecule has 4 nitrogen and oxygen atoms in total. The molecule has 46 heavy (non-hydrogen) atoms. The van der Waals surface area contributed by atoms with E-state index in [1.807, 2.05) is 0 Å². The Kier molecular flexibility index (Phi) is 9.64. The van der Waals surface area contributed by atoms with E-state index in [-0.39, 0.29) is 23.3 Å². The van der Waals surface area contributed by atoms with Gasteiger partial charge in [-0.15, -0.1) is 0 Å². The molecule has 0 aliphatic rings. The van der Waals surface area contributed by atoms with Crippen LogP contribution < -0.4 is 14.8 Å². The fourth-order valence-corrected chi connectivity index (χ4v) is 4.71. The van der Waals surface area contributed by atoms with Gasteiger partial charge in [-0.2, -0.15) is 35.1 Å². The average Bonchev–Trinajstić information content (AvgIpc) is 2.97. The van der Waals surface area contributed by atoms with E-state index < -0.39 is 58.7 Å². The normalized spacial score (nSPS) is 13.7. The zero-order chi connectivity index (χ0) is 33.9. The van der Waals surface area contributed by atoms with E-state index in [2.05, 4.69) is 10.1 Å². The average molecular weight is 656 g/mol. The predicted molar refractivity (Wildman–Crippen MR) is 150 cm³/mol. The number of nitrogens with one attached hydrogen (secondary N) is 1. The number of rotatable bonds is 10. The van der Waals surface area contributed by atoms with Crippen LogP contribution in [0.1, 0.15) is 46.5 Å². The lowest BCUT2D eigenvalue weighted by molar-refractivity contribution is -0.360. The molecule has 0 spiro atoms. The van der Waals surface area contributed by atoms with E-state index in [9.17, 15) is 44.3 Å². The van der Waals surface area contributed by atoms with Gasteiger partial charge in [0, 0.05) is 12.0 Å². The molecule has 0 saturated carbocycles. The van der Waals surface area contributed by atoms with Gasteiger partial charge < -0.3 is 14.8 Å². The second-order valence-electron chi connectivity index (χ2n) is 10.6. The summed E-state index contributed by atoms with van der Waals surface area (Å²) in [7, 11) is 0. The summed E-state index contributed by atoms with van der Waals surface area (Å²) < 4.78 is 132. The van der Waals surface area contributed by atoms with Gasteiger partial charge >= 0.3 is 18.5 Å². The van der Waals surface area contributed by atoms with Gasteiger partial charge in [0.15, 0.2) is 11.6 Å². The van der Waals surface area contributed by atoms with Gasteiger partial charge in [-0.05, 0) is 73.0 Å². The third-order valence-electron chi connectivity index (χ3n) is 6.78. The van der Waals surface area contributed by atoms with Crippen molar-refractivity contribution in [2.45, 2.75) is 50.4 Å². The molecule has 0 radical (unpaired) electrons. The first-order valence-electron chi connectivity index (χ1n) is 13.7. The second-order valence-corrected chi connectivity index (χ2v) is 10.6. The summed E-state index contributed by atoms with van der Waals surface area (Å²) in [4.78, 5) is 13.8. The van der Waals surface area contributed by atoms with Gasteiger partial charge in [0.05, 0.1) is 17.2 Å². The third-order valence-corrected chi connectivity index (χ3v) is 6.78. The van der Waals surface area contributed by atoms with Crippen molar-refractivity contribution < 1.29 is 53.8 Å². The molecule has 4 rings (SSSR count). The maximum Gasteiger partial charge on any atom is 0.499 e. The smallest absolute Gasteiger partial charge is 0.488 e. The highest BCUT2D eigenvalue weighted by Gasteiger charge is 2.61. The van der Waals surface area contributed by atoms with Gasteiger partial charge in [-0.3, -0.25) is 4.79 Å². The fourth-order valence-electron chi connectivity index (χ4n) is 4.71. The fraction of sp³-hybridized carbons (Fsp3) is 0.242. The zero-order valence-electron chi connectivity index (χ0n) is 24.1. The lowest BCUT2D eigenvalue weighted by Gasteiger charge is -2.37. The maximum atomic E-state index is 14.9. The van der Waals surface area contributed by atoms with Crippen LogP contribution in [0.2, 0.25) is 0 Å². The quantitative estimate of drug-likeness (QED) is 0.174.